The summed E-state index contributed by atoms with van der Waals surface area (Å²) in [5.41, 5.74) is 0.749. The quantitative estimate of drug-likeness (QED) is 0.707. The largest absolute Gasteiger partial charge is 0.466 e. The molecule has 1 rings (SSSR count). The Kier molecular flexibility index (Phi) is 7.43. The van der Waals surface area contributed by atoms with Crippen LogP contribution in [0.5, 0.6) is 0 Å². The number of nitrogens with one attached hydrogen (secondary N) is 1. The number of hydrogen-bond acceptors (Lipinski definition) is 6. The fourth-order valence-electron chi connectivity index (χ4n) is 1.74. The van der Waals surface area contributed by atoms with Crippen molar-refractivity contribution in [1.29, 1.82) is 0 Å². The summed E-state index contributed by atoms with van der Waals surface area (Å²) in [6.45, 7) is 4.99. The topological polar surface area (TPSA) is 60.5 Å². The molecule has 1 aromatic heterocycles. The summed E-state index contributed by atoms with van der Waals surface area (Å²) in [6, 6.07) is 0.261. The molecular weight excluding hydrogens is 264 g/mol. The normalized spacial score (nSPS) is 12.2. The maximum atomic E-state index is 11.4. The molecule has 0 aliphatic carbocycles. The van der Waals surface area contributed by atoms with Crippen LogP contribution in [0.1, 0.15) is 32.4 Å². The molecule has 5 nitrogen and oxygen atoms in total. The number of hydrogen-bond donors (Lipinski definition) is 1. The Labute approximate surface area is 118 Å². The van der Waals surface area contributed by atoms with E-state index in [1.807, 2.05) is 5.38 Å². The SMILES string of the molecule is CCCC(COC)Nc1nc(CC(=O)OCC)cs1. The summed E-state index contributed by atoms with van der Waals surface area (Å²) in [4.78, 5) is 15.7. The Hall–Kier alpha value is -1.14. The first-order valence-corrected chi connectivity index (χ1v) is 7.43. The third-order valence-electron chi connectivity index (χ3n) is 2.52. The molecule has 0 bridgehead atoms. The van der Waals surface area contributed by atoms with Gasteiger partial charge in [-0.1, -0.05) is 13.3 Å². The number of thiazole rings is 1. The lowest BCUT2D eigenvalue weighted by Gasteiger charge is -2.15. The van der Waals surface area contributed by atoms with Crippen molar-refractivity contribution in [2.24, 2.45) is 0 Å². The van der Waals surface area contributed by atoms with Gasteiger partial charge >= 0.3 is 5.97 Å². The second-order valence-electron chi connectivity index (χ2n) is 4.21. The fourth-order valence-corrected chi connectivity index (χ4v) is 2.52. The van der Waals surface area contributed by atoms with E-state index in [9.17, 15) is 4.79 Å². The van der Waals surface area contributed by atoms with Gasteiger partial charge in [-0.15, -0.1) is 11.3 Å². The van der Waals surface area contributed by atoms with Crippen LogP contribution in [-0.4, -0.2) is 37.3 Å². The van der Waals surface area contributed by atoms with Gasteiger partial charge in [-0.05, 0) is 13.3 Å². The molecule has 0 saturated carbocycles. The highest BCUT2D eigenvalue weighted by Gasteiger charge is 2.12. The van der Waals surface area contributed by atoms with E-state index in [1.54, 1.807) is 14.0 Å². The molecule has 0 saturated heterocycles. The monoisotopic (exact) mass is 286 g/mol. The lowest BCUT2D eigenvalue weighted by Crippen LogP contribution is -2.24. The molecule has 108 valence electrons. The van der Waals surface area contributed by atoms with Gasteiger partial charge in [0.15, 0.2) is 5.13 Å². The number of aromatic nitrogens is 1. The van der Waals surface area contributed by atoms with Crippen LogP contribution < -0.4 is 5.32 Å². The van der Waals surface area contributed by atoms with Crippen molar-refractivity contribution < 1.29 is 14.3 Å². The number of ether oxygens (including phenoxy) is 2. The van der Waals surface area contributed by atoms with E-state index < -0.39 is 0 Å². The van der Waals surface area contributed by atoms with Crippen molar-refractivity contribution in [1.82, 2.24) is 4.98 Å². The molecule has 1 heterocycles. The van der Waals surface area contributed by atoms with E-state index in [2.05, 4.69) is 17.2 Å². The highest BCUT2D eigenvalue weighted by Crippen LogP contribution is 2.18. The maximum absolute atomic E-state index is 11.4. The van der Waals surface area contributed by atoms with E-state index in [1.165, 1.54) is 11.3 Å². The van der Waals surface area contributed by atoms with Crippen LogP contribution in [0.25, 0.3) is 0 Å². The molecule has 0 aliphatic rings. The summed E-state index contributed by atoms with van der Waals surface area (Å²) in [5, 5.41) is 6.05. The zero-order valence-corrected chi connectivity index (χ0v) is 12.6. The second kappa shape index (κ2) is 8.87. The van der Waals surface area contributed by atoms with Gasteiger partial charge < -0.3 is 14.8 Å². The predicted molar refractivity (Wildman–Crippen MR) is 76.6 cm³/mol. The molecule has 19 heavy (non-hydrogen) atoms. The maximum Gasteiger partial charge on any atom is 0.311 e. The third kappa shape index (κ3) is 6.02. The molecule has 0 spiro atoms. The minimum atomic E-state index is -0.235. The number of nitrogens with zero attached hydrogens (tertiary/aromatic N) is 1. The standard InChI is InChI=1S/C13H22N2O3S/c1-4-6-10(8-17-3)14-13-15-11(9-19-13)7-12(16)18-5-2/h9-10H,4-8H2,1-3H3,(H,14,15). The summed E-state index contributed by atoms with van der Waals surface area (Å²) in [5.74, 6) is -0.235. The highest BCUT2D eigenvalue weighted by atomic mass is 32.1. The smallest absolute Gasteiger partial charge is 0.311 e. The number of rotatable bonds is 9. The fraction of sp³-hybridized carbons (Fsp3) is 0.692. The molecule has 0 aromatic carbocycles. The minimum Gasteiger partial charge on any atom is -0.466 e. The Morgan fingerprint density at radius 2 is 2.32 bits per heavy atom. The van der Waals surface area contributed by atoms with Crippen LogP contribution >= 0.6 is 11.3 Å². The van der Waals surface area contributed by atoms with Crippen LogP contribution in [0.3, 0.4) is 0 Å². The van der Waals surface area contributed by atoms with Gasteiger partial charge in [-0.3, -0.25) is 4.79 Å². The number of esters is 1. The number of anilines is 1. The third-order valence-corrected chi connectivity index (χ3v) is 3.34. The first-order valence-electron chi connectivity index (χ1n) is 6.55. The zero-order chi connectivity index (χ0) is 14.1. The molecule has 1 aromatic rings. The van der Waals surface area contributed by atoms with Crippen LogP contribution in [0.4, 0.5) is 5.13 Å². The molecule has 0 radical (unpaired) electrons. The van der Waals surface area contributed by atoms with Crippen molar-refractivity contribution in [2.75, 3.05) is 25.6 Å². The van der Waals surface area contributed by atoms with E-state index in [0.717, 1.165) is 23.7 Å². The highest BCUT2D eigenvalue weighted by molar-refractivity contribution is 7.13. The lowest BCUT2D eigenvalue weighted by atomic mass is 10.2. The summed E-state index contributed by atoms with van der Waals surface area (Å²) in [6.07, 6.45) is 2.34. The van der Waals surface area contributed by atoms with E-state index >= 15 is 0 Å². The molecular formula is C13H22N2O3S. The molecule has 1 atom stereocenters. The molecule has 1 N–H and O–H groups in total. The lowest BCUT2D eigenvalue weighted by molar-refractivity contribution is -0.142. The van der Waals surface area contributed by atoms with Crippen molar-refractivity contribution in [3.8, 4) is 0 Å². The molecule has 6 heteroatoms. The van der Waals surface area contributed by atoms with Crippen LogP contribution in [0.2, 0.25) is 0 Å². The van der Waals surface area contributed by atoms with Crippen molar-refractivity contribution in [3.63, 3.8) is 0 Å². The zero-order valence-electron chi connectivity index (χ0n) is 11.8. The molecule has 0 fully saturated rings. The number of methoxy groups -OCH3 is 1. The Balaban J connectivity index is 2.50. The van der Waals surface area contributed by atoms with E-state index in [0.29, 0.717) is 13.2 Å². The van der Waals surface area contributed by atoms with Gasteiger partial charge in [-0.2, -0.15) is 0 Å². The second-order valence-corrected chi connectivity index (χ2v) is 5.07. The van der Waals surface area contributed by atoms with Crippen LogP contribution in [0.15, 0.2) is 5.38 Å². The van der Waals surface area contributed by atoms with Gasteiger partial charge in [0, 0.05) is 12.5 Å². The Morgan fingerprint density at radius 3 is 2.95 bits per heavy atom. The van der Waals surface area contributed by atoms with Gasteiger partial charge in [0.2, 0.25) is 0 Å². The first kappa shape index (κ1) is 15.9. The van der Waals surface area contributed by atoms with Crippen molar-refractivity contribution >= 4 is 22.4 Å². The Morgan fingerprint density at radius 1 is 1.53 bits per heavy atom. The average molecular weight is 286 g/mol. The van der Waals surface area contributed by atoms with Crippen molar-refractivity contribution in [2.45, 2.75) is 39.2 Å². The average Bonchev–Trinajstić information content (AvgIpc) is 2.77. The van der Waals surface area contributed by atoms with E-state index in [-0.39, 0.29) is 18.4 Å². The summed E-state index contributed by atoms with van der Waals surface area (Å²) < 4.78 is 10.1. The van der Waals surface area contributed by atoms with Gasteiger partial charge in [-0.25, -0.2) is 4.98 Å². The summed E-state index contributed by atoms with van der Waals surface area (Å²) >= 11 is 1.50. The predicted octanol–water partition coefficient (Wildman–Crippen LogP) is 2.48. The van der Waals surface area contributed by atoms with E-state index in [4.69, 9.17) is 9.47 Å². The number of carbonyl (C=O) groups excluding carboxylic acids is 1. The Bertz CT molecular complexity index is 376. The van der Waals surface area contributed by atoms with Gasteiger partial charge in [0.05, 0.1) is 31.4 Å². The van der Waals surface area contributed by atoms with Crippen LogP contribution in [0, 0.1) is 0 Å². The molecule has 0 amide bonds. The summed E-state index contributed by atoms with van der Waals surface area (Å²) in [7, 11) is 1.69. The van der Waals surface area contributed by atoms with Gasteiger partial charge in [0.25, 0.3) is 0 Å². The van der Waals surface area contributed by atoms with Crippen molar-refractivity contribution in [3.05, 3.63) is 11.1 Å². The molecule has 1 unspecified atom stereocenters. The first-order chi connectivity index (χ1) is 9.19. The van der Waals surface area contributed by atoms with Gasteiger partial charge in [0.1, 0.15) is 0 Å². The number of carbonyl (C=O) groups is 1. The minimum absolute atomic E-state index is 0.231. The molecule has 0 aliphatic heterocycles. The van der Waals surface area contributed by atoms with Crippen LogP contribution in [-0.2, 0) is 20.7 Å².